The lowest BCUT2D eigenvalue weighted by Gasteiger charge is -2.17. The molecule has 2 heteroatoms. The maximum absolute atomic E-state index is 10.5. The first-order valence-corrected chi connectivity index (χ1v) is 3.78. The van der Waals surface area contributed by atoms with Gasteiger partial charge in [-0.05, 0) is 36.0 Å². The Morgan fingerprint density at radius 2 is 2.45 bits per heavy atom. The van der Waals surface area contributed by atoms with Crippen LogP contribution in [0.3, 0.4) is 0 Å². The minimum Gasteiger partial charge on any atom is -0.515 e. The lowest BCUT2D eigenvalue weighted by Crippen LogP contribution is -2.06. The first-order valence-electron chi connectivity index (χ1n) is 3.78. The van der Waals surface area contributed by atoms with E-state index in [9.17, 15) is 4.79 Å². The van der Waals surface area contributed by atoms with Gasteiger partial charge in [-0.3, -0.25) is 4.79 Å². The third-order valence-corrected chi connectivity index (χ3v) is 2.09. The molecule has 0 amide bonds. The van der Waals surface area contributed by atoms with Crippen LogP contribution in [0.25, 0.3) is 0 Å². The molecule has 11 heavy (non-hydrogen) atoms. The highest BCUT2D eigenvalue weighted by molar-refractivity contribution is 5.75. The molecular formula is C9H12O2. The van der Waals surface area contributed by atoms with E-state index in [0.717, 1.165) is 36.5 Å². The molecule has 1 unspecified atom stereocenters. The zero-order chi connectivity index (χ0) is 8.27. The summed E-state index contributed by atoms with van der Waals surface area (Å²) < 4.78 is 0. The van der Waals surface area contributed by atoms with Crippen LogP contribution in [-0.4, -0.2) is 11.4 Å². The summed E-state index contributed by atoms with van der Waals surface area (Å²) in [5.74, 6) is 0.344. The molecule has 0 aliphatic heterocycles. The van der Waals surface area contributed by atoms with E-state index in [1.54, 1.807) is 6.08 Å². The van der Waals surface area contributed by atoms with Crippen LogP contribution in [0.2, 0.25) is 0 Å². The Bertz CT molecular complexity index is 214. The molecule has 0 fully saturated rings. The summed E-state index contributed by atoms with van der Waals surface area (Å²) in [4.78, 5) is 10.5. The zero-order valence-corrected chi connectivity index (χ0v) is 6.58. The first kappa shape index (κ1) is 8.05. The summed E-state index contributed by atoms with van der Waals surface area (Å²) in [5, 5.41) is 8.67. The number of aliphatic hydroxyl groups is 1. The molecule has 0 saturated heterocycles. The molecule has 1 aliphatic carbocycles. The van der Waals surface area contributed by atoms with Crippen molar-refractivity contribution >= 4 is 6.29 Å². The summed E-state index contributed by atoms with van der Waals surface area (Å²) in [5.41, 5.74) is 1.64. The molecule has 1 aliphatic rings. The largest absolute Gasteiger partial charge is 0.515 e. The van der Waals surface area contributed by atoms with Gasteiger partial charge in [-0.1, -0.05) is 6.92 Å². The predicted molar refractivity (Wildman–Crippen MR) is 43.3 cm³/mol. The second kappa shape index (κ2) is 3.37. The number of carbonyl (C=O) groups excluding carboxylic acids is 1. The fourth-order valence-electron chi connectivity index (χ4n) is 1.23. The van der Waals surface area contributed by atoms with Gasteiger partial charge in [0.2, 0.25) is 0 Å². The van der Waals surface area contributed by atoms with Crippen molar-refractivity contribution < 1.29 is 9.90 Å². The average Bonchev–Trinajstić information content (AvgIpc) is 2.05. The molecule has 0 saturated carbocycles. The van der Waals surface area contributed by atoms with E-state index in [0.29, 0.717) is 5.92 Å². The highest BCUT2D eigenvalue weighted by atomic mass is 16.2. The van der Waals surface area contributed by atoms with Gasteiger partial charge in [0.1, 0.15) is 6.29 Å². The minimum atomic E-state index is 0.344. The fraction of sp³-hybridized carbons (Fsp3) is 0.444. The average molecular weight is 152 g/mol. The Balaban J connectivity index is 2.85. The normalized spacial score (nSPS) is 28.3. The van der Waals surface area contributed by atoms with Crippen molar-refractivity contribution in [3.8, 4) is 0 Å². The second-order valence-electron chi connectivity index (χ2n) is 2.91. The first-order chi connectivity index (χ1) is 5.27. The monoisotopic (exact) mass is 152 g/mol. The van der Waals surface area contributed by atoms with E-state index in [1.807, 2.05) is 6.92 Å². The molecule has 0 aromatic carbocycles. The van der Waals surface area contributed by atoms with E-state index < -0.39 is 0 Å². The fourth-order valence-corrected chi connectivity index (χ4v) is 1.23. The highest BCUT2D eigenvalue weighted by Gasteiger charge is 2.14. The van der Waals surface area contributed by atoms with Crippen LogP contribution in [0.1, 0.15) is 19.8 Å². The summed E-state index contributed by atoms with van der Waals surface area (Å²) in [6, 6.07) is 0. The highest BCUT2D eigenvalue weighted by Crippen LogP contribution is 2.25. The third-order valence-electron chi connectivity index (χ3n) is 2.09. The smallest absolute Gasteiger partial charge is 0.146 e. The molecule has 0 aromatic heterocycles. The van der Waals surface area contributed by atoms with E-state index >= 15 is 0 Å². The topological polar surface area (TPSA) is 37.3 Å². The Kier molecular flexibility index (Phi) is 2.47. The van der Waals surface area contributed by atoms with Gasteiger partial charge >= 0.3 is 0 Å². The van der Waals surface area contributed by atoms with Crippen LogP contribution < -0.4 is 0 Å². The Labute approximate surface area is 66.2 Å². The molecule has 2 nitrogen and oxygen atoms in total. The summed E-state index contributed by atoms with van der Waals surface area (Å²) in [7, 11) is 0. The Morgan fingerprint density at radius 1 is 1.73 bits per heavy atom. The lowest BCUT2D eigenvalue weighted by molar-refractivity contribution is -0.105. The minimum absolute atomic E-state index is 0.344. The van der Waals surface area contributed by atoms with E-state index in [4.69, 9.17) is 5.11 Å². The third kappa shape index (κ3) is 1.70. The summed E-state index contributed by atoms with van der Waals surface area (Å²) >= 11 is 0. The van der Waals surface area contributed by atoms with Crippen LogP contribution in [-0.2, 0) is 4.79 Å². The van der Waals surface area contributed by atoms with Gasteiger partial charge in [-0.25, -0.2) is 0 Å². The van der Waals surface area contributed by atoms with Gasteiger partial charge in [0, 0.05) is 0 Å². The molecule has 1 N–H and O–H groups in total. The van der Waals surface area contributed by atoms with E-state index in [-0.39, 0.29) is 0 Å². The SMILES string of the molecule is CC1CC/C(=C/O)C=C1C=O. The number of hydrogen-bond acceptors (Lipinski definition) is 2. The lowest BCUT2D eigenvalue weighted by atomic mass is 9.88. The molecule has 0 radical (unpaired) electrons. The van der Waals surface area contributed by atoms with Crippen LogP contribution in [0.5, 0.6) is 0 Å². The van der Waals surface area contributed by atoms with Gasteiger partial charge in [0.05, 0.1) is 6.26 Å². The molecule has 0 spiro atoms. The van der Waals surface area contributed by atoms with Gasteiger partial charge in [-0.15, -0.1) is 0 Å². The quantitative estimate of drug-likeness (QED) is 0.461. The van der Waals surface area contributed by atoms with Crippen LogP contribution >= 0.6 is 0 Å². The number of carbonyl (C=O) groups is 1. The van der Waals surface area contributed by atoms with Crippen LogP contribution in [0, 0.1) is 5.92 Å². The van der Waals surface area contributed by atoms with Gasteiger partial charge in [-0.2, -0.15) is 0 Å². The molecule has 1 rings (SSSR count). The van der Waals surface area contributed by atoms with Gasteiger partial charge in [0.25, 0.3) is 0 Å². The zero-order valence-electron chi connectivity index (χ0n) is 6.58. The molecule has 0 aromatic rings. The van der Waals surface area contributed by atoms with Crippen molar-refractivity contribution in [2.24, 2.45) is 5.92 Å². The van der Waals surface area contributed by atoms with Crippen LogP contribution in [0.15, 0.2) is 23.5 Å². The Hall–Kier alpha value is -1.05. The van der Waals surface area contributed by atoms with Crippen molar-refractivity contribution in [3.63, 3.8) is 0 Å². The van der Waals surface area contributed by atoms with Crippen molar-refractivity contribution in [3.05, 3.63) is 23.5 Å². The van der Waals surface area contributed by atoms with Crippen LogP contribution in [0.4, 0.5) is 0 Å². The molecule has 60 valence electrons. The molecule has 0 bridgehead atoms. The van der Waals surface area contributed by atoms with E-state index in [2.05, 4.69) is 0 Å². The maximum Gasteiger partial charge on any atom is 0.146 e. The van der Waals surface area contributed by atoms with Crippen molar-refractivity contribution in [2.75, 3.05) is 0 Å². The molecule has 1 atom stereocenters. The number of allylic oxidation sites excluding steroid dienone is 3. The number of hydrogen-bond donors (Lipinski definition) is 1. The second-order valence-corrected chi connectivity index (χ2v) is 2.91. The summed E-state index contributed by atoms with van der Waals surface area (Å²) in [6.07, 6.45) is 5.54. The van der Waals surface area contributed by atoms with Crippen molar-refractivity contribution in [1.29, 1.82) is 0 Å². The van der Waals surface area contributed by atoms with Crippen molar-refractivity contribution in [2.45, 2.75) is 19.8 Å². The van der Waals surface area contributed by atoms with E-state index in [1.165, 1.54) is 0 Å². The maximum atomic E-state index is 10.5. The summed E-state index contributed by atoms with van der Waals surface area (Å²) in [6.45, 7) is 2.02. The number of aldehydes is 1. The van der Waals surface area contributed by atoms with Crippen molar-refractivity contribution in [1.82, 2.24) is 0 Å². The molecule has 0 heterocycles. The predicted octanol–water partition coefficient (Wildman–Crippen LogP) is 1.98. The van der Waals surface area contributed by atoms with Gasteiger partial charge < -0.3 is 5.11 Å². The molecular weight excluding hydrogens is 140 g/mol. The number of rotatable bonds is 1. The number of aliphatic hydroxyl groups excluding tert-OH is 1. The standard InChI is InChI=1S/C9H12O2/c1-7-2-3-8(5-10)4-9(7)6-11/h4-7,10H,2-3H2,1H3/b8-5-. The van der Waals surface area contributed by atoms with Gasteiger partial charge in [0.15, 0.2) is 0 Å². The Morgan fingerprint density at radius 3 is 3.00 bits per heavy atom.